The molecule has 0 aliphatic carbocycles. The summed E-state index contributed by atoms with van der Waals surface area (Å²) in [5.41, 5.74) is 1.30. The highest BCUT2D eigenvalue weighted by atomic mass is 16.3. The Morgan fingerprint density at radius 1 is 1.12 bits per heavy atom. The first-order valence-corrected chi connectivity index (χ1v) is 9.55. The predicted octanol–water partition coefficient (Wildman–Crippen LogP) is 1.87. The van der Waals surface area contributed by atoms with Crippen LogP contribution in [-0.4, -0.2) is 46.7 Å². The summed E-state index contributed by atoms with van der Waals surface area (Å²) in [4.78, 5) is 27.8. The molecular formula is C20H25N3O3. The van der Waals surface area contributed by atoms with Crippen LogP contribution >= 0.6 is 0 Å². The van der Waals surface area contributed by atoms with Gasteiger partial charge in [0, 0.05) is 25.0 Å². The van der Waals surface area contributed by atoms with E-state index in [9.17, 15) is 14.7 Å². The normalized spacial score (nSPS) is 17.4. The molecule has 0 atom stereocenters. The highest BCUT2D eigenvalue weighted by Gasteiger charge is 2.25. The zero-order valence-corrected chi connectivity index (χ0v) is 15.0. The van der Waals surface area contributed by atoms with Crippen LogP contribution in [-0.2, 0) is 13.0 Å². The number of amides is 1. The van der Waals surface area contributed by atoms with Crippen molar-refractivity contribution in [1.82, 2.24) is 14.8 Å². The maximum absolute atomic E-state index is 12.9. The molecule has 1 aromatic carbocycles. The lowest BCUT2D eigenvalue weighted by Gasteiger charge is -2.26. The first-order valence-electron chi connectivity index (χ1n) is 9.55. The topological polar surface area (TPSA) is 74.6 Å². The number of rotatable bonds is 4. The number of hydrogen-bond donors (Lipinski definition) is 2. The molecule has 0 unspecified atom stereocenters. The molecule has 3 heterocycles. The Hall–Kier alpha value is -2.34. The van der Waals surface area contributed by atoms with Gasteiger partial charge in [-0.1, -0.05) is 18.6 Å². The molecule has 26 heavy (non-hydrogen) atoms. The van der Waals surface area contributed by atoms with E-state index in [4.69, 9.17) is 0 Å². The molecule has 6 heteroatoms. The van der Waals surface area contributed by atoms with Crippen LogP contribution in [0.1, 0.15) is 41.6 Å². The van der Waals surface area contributed by atoms with Gasteiger partial charge < -0.3 is 19.9 Å². The van der Waals surface area contributed by atoms with Crippen LogP contribution in [0.3, 0.4) is 0 Å². The third kappa shape index (κ3) is 2.98. The number of nitrogens with one attached hydrogen (secondary N) is 1. The van der Waals surface area contributed by atoms with E-state index >= 15 is 0 Å². The average Bonchev–Trinajstić information content (AvgIpc) is 2.67. The molecule has 2 aliphatic rings. The molecule has 0 saturated carbocycles. The number of aryl methyl sites for hydroxylation is 2. The molecule has 1 aromatic heterocycles. The van der Waals surface area contributed by atoms with E-state index in [2.05, 4.69) is 10.2 Å². The van der Waals surface area contributed by atoms with Gasteiger partial charge in [-0.15, -0.1) is 0 Å². The summed E-state index contributed by atoms with van der Waals surface area (Å²) in [6, 6.07) is 5.63. The molecule has 0 spiro atoms. The van der Waals surface area contributed by atoms with Crippen molar-refractivity contribution >= 4 is 16.8 Å². The van der Waals surface area contributed by atoms with Crippen molar-refractivity contribution in [2.24, 2.45) is 0 Å². The summed E-state index contributed by atoms with van der Waals surface area (Å²) < 4.78 is 1.65. The summed E-state index contributed by atoms with van der Waals surface area (Å²) in [5, 5.41) is 14.0. The van der Waals surface area contributed by atoms with Gasteiger partial charge in [0.2, 0.25) is 0 Å². The van der Waals surface area contributed by atoms with E-state index in [1.54, 1.807) is 10.6 Å². The van der Waals surface area contributed by atoms with E-state index in [-0.39, 0.29) is 11.3 Å². The quantitative estimate of drug-likeness (QED) is 0.878. The van der Waals surface area contributed by atoms with Crippen molar-refractivity contribution in [2.75, 3.05) is 26.2 Å². The van der Waals surface area contributed by atoms with Crippen molar-refractivity contribution in [3.63, 3.8) is 0 Å². The lowest BCUT2D eigenvalue weighted by Crippen LogP contribution is -2.40. The molecule has 2 aliphatic heterocycles. The maximum atomic E-state index is 12.9. The van der Waals surface area contributed by atoms with Gasteiger partial charge in [-0.2, -0.15) is 0 Å². The largest absolute Gasteiger partial charge is 0.506 e. The molecule has 138 valence electrons. The van der Waals surface area contributed by atoms with Crippen LogP contribution in [0.15, 0.2) is 23.0 Å². The van der Waals surface area contributed by atoms with Crippen molar-refractivity contribution < 1.29 is 9.90 Å². The van der Waals surface area contributed by atoms with Crippen LogP contribution in [0.4, 0.5) is 0 Å². The van der Waals surface area contributed by atoms with Crippen molar-refractivity contribution in [1.29, 1.82) is 0 Å². The Kier molecular flexibility index (Phi) is 4.68. The minimum absolute atomic E-state index is 0.129. The fourth-order valence-corrected chi connectivity index (χ4v) is 4.22. The van der Waals surface area contributed by atoms with Crippen molar-refractivity contribution in [3.8, 4) is 5.75 Å². The van der Waals surface area contributed by atoms with Gasteiger partial charge in [-0.25, -0.2) is 0 Å². The van der Waals surface area contributed by atoms with Crippen LogP contribution in [0.2, 0.25) is 0 Å². The number of aromatic nitrogens is 1. The lowest BCUT2D eigenvalue weighted by molar-refractivity contribution is 0.0942. The van der Waals surface area contributed by atoms with Crippen LogP contribution in [0.25, 0.3) is 10.9 Å². The first kappa shape index (κ1) is 17.1. The standard InChI is InChI=1S/C20H25N3O3/c24-18-15-8-4-6-14-7-5-12-23(17(14)15)20(26)16(18)19(25)21-9-13-22-10-2-1-3-11-22/h4,6,8,24H,1-3,5,7,9-13H2,(H,21,25). The fourth-order valence-electron chi connectivity index (χ4n) is 4.22. The third-order valence-electron chi connectivity index (χ3n) is 5.56. The zero-order valence-electron chi connectivity index (χ0n) is 15.0. The molecule has 1 saturated heterocycles. The summed E-state index contributed by atoms with van der Waals surface area (Å²) in [7, 11) is 0. The molecule has 6 nitrogen and oxygen atoms in total. The fraction of sp³-hybridized carbons (Fsp3) is 0.500. The highest BCUT2D eigenvalue weighted by molar-refractivity contribution is 6.02. The predicted molar refractivity (Wildman–Crippen MR) is 101 cm³/mol. The van der Waals surface area contributed by atoms with Gasteiger partial charge in [0.1, 0.15) is 11.3 Å². The van der Waals surface area contributed by atoms with Gasteiger partial charge in [0.25, 0.3) is 11.5 Å². The molecule has 0 radical (unpaired) electrons. The van der Waals surface area contributed by atoms with E-state index < -0.39 is 11.5 Å². The molecular weight excluding hydrogens is 330 g/mol. The molecule has 2 N–H and O–H groups in total. The van der Waals surface area contributed by atoms with Crippen LogP contribution < -0.4 is 10.9 Å². The number of carbonyl (C=O) groups excluding carboxylic acids is 1. The summed E-state index contributed by atoms with van der Waals surface area (Å²) in [6.07, 6.45) is 5.43. The monoisotopic (exact) mass is 355 g/mol. The second-order valence-corrected chi connectivity index (χ2v) is 7.26. The van der Waals surface area contributed by atoms with Gasteiger partial charge in [-0.3, -0.25) is 9.59 Å². The number of nitrogens with zero attached hydrogens (tertiary/aromatic N) is 2. The Morgan fingerprint density at radius 3 is 2.73 bits per heavy atom. The first-order chi connectivity index (χ1) is 12.7. The smallest absolute Gasteiger partial charge is 0.267 e. The molecule has 0 bridgehead atoms. The summed E-state index contributed by atoms with van der Waals surface area (Å²) >= 11 is 0. The molecule has 1 amide bonds. The minimum Gasteiger partial charge on any atom is -0.506 e. The van der Waals surface area contributed by atoms with Gasteiger partial charge in [0.05, 0.1) is 5.52 Å². The second-order valence-electron chi connectivity index (χ2n) is 7.26. The Balaban J connectivity index is 1.60. The van der Waals surface area contributed by atoms with Gasteiger partial charge in [-0.05, 0) is 50.4 Å². The van der Waals surface area contributed by atoms with E-state index in [0.29, 0.717) is 18.5 Å². The molecule has 1 fully saturated rings. The third-order valence-corrected chi connectivity index (χ3v) is 5.56. The number of likely N-dealkylation sites (tertiary alicyclic amines) is 1. The van der Waals surface area contributed by atoms with Crippen LogP contribution in [0, 0.1) is 0 Å². The second kappa shape index (κ2) is 7.11. The number of para-hydroxylation sites is 1. The Labute approximate surface area is 152 Å². The number of piperidine rings is 1. The summed E-state index contributed by atoms with van der Waals surface area (Å²) in [5.74, 6) is -0.674. The van der Waals surface area contributed by atoms with Gasteiger partial charge >= 0.3 is 0 Å². The zero-order chi connectivity index (χ0) is 18.1. The number of benzene rings is 1. The molecule has 2 aromatic rings. The number of hydrogen-bond acceptors (Lipinski definition) is 4. The minimum atomic E-state index is -0.480. The SMILES string of the molecule is O=C(NCCN1CCCCC1)c1c(O)c2cccc3c2n(c1=O)CCC3. The van der Waals surface area contributed by atoms with Crippen molar-refractivity contribution in [3.05, 3.63) is 39.7 Å². The average molecular weight is 355 g/mol. The highest BCUT2D eigenvalue weighted by Crippen LogP contribution is 2.31. The number of pyridine rings is 1. The van der Waals surface area contributed by atoms with E-state index in [0.717, 1.165) is 43.6 Å². The van der Waals surface area contributed by atoms with E-state index in [1.165, 1.54) is 19.3 Å². The van der Waals surface area contributed by atoms with Crippen LogP contribution in [0.5, 0.6) is 5.75 Å². The maximum Gasteiger partial charge on any atom is 0.267 e. The number of aromatic hydroxyl groups is 1. The number of carbonyl (C=O) groups is 1. The Morgan fingerprint density at radius 2 is 1.92 bits per heavy atom. The Bertz CT molecular complexity index is 897. The lowest BCUT2D eigenvalue weighted by atomic mass is 9.99. The van der Waals surface area contributed by atoms with Crippen molar-refractivity contribution in [2.45, 2.75) is 38.6 Å². The van der Waals surface area contributed by atoms with Gasteiger partial charge in [0.15, 0.2) is 0 Å². The van der Waals surface area contributed by atoms with E-state index in [1.807, 2.05) is 12.1 Å². The summed E-state index contributed by atoms with van der Waals surface area (Å²) in [6.45, 7) is 3.97. The molecule has 4 rings (SSSR count).